The van der Waals surface area contributed by atoms with Gasteiger partial charge in [-0.2, -0.15) is 5.26 Å². The van der Waals surface area contributed by atoms with Crippen LogP contribution < -0.4 is 4.74 Å². The molecule has 0 unspecified atom stereocenters. The Hall–Kier alpha value is -2.42. The number of rotatable bonds is 3. The van der Waals surface area contributed by atoms with Crippen LogP contribution in [0.1, 0.15) is 11.5 Å². The second-order valence-electron chi connectivity index (χ2n) is 3.05. The summed E-state index contributed by atoms with van der Waals surface area (Å²) in [5.41, 5.74) is 0.800. The first-order valence-corrected chi connectivity index (χ1v) is 4.61. The van der Waals surface area contributed by atoms with Gasteiger partial charge in [0.05, 0.1) is 19.3 Å². The highest BCUT2D eigenvalue weighted by atomic mass is 16.5. The Kier molecular flexibility index (Phi) is 2.78. The minimum atomic E-state index is 0.155. The largest absolute Gasteiger partial charge is 0.481 e. The molecule has 16 heavy (non-hydrogen) atoms. The zero-order valence-electron chi connectivity index (χ0n) is 8.66. The van der Waals surface area contributed by atoms with Gasteiger partial charge in [0.25, 0.3) is 5.82 Å². The molecule has 2 rings (SSSR count). The first kappa shape index (κ1) is 10.1. The lowest BCUT2D eigenvalue weighted by atomic mass is 10.3. The summed E-state index contributed by atoms with van der Waals surface area (Å²) in [5.74, 6) is 0.709. The van der Waals surface area contributed by atoms with Gasteiger partial charge >= 0.3 is 0 Å². The fourth-order valence-electron chi connectivity index (χ4n) is 1.25. The van der Waals surface area contributed by atoms with Crippen LogP contribution >= 0.6 is 0 Å². The summed E-state index contributed by atoms with van der Waals surface area (Å²) in [6.45, 7) is 0.464. The summed E-state index contributed by atoms with van der Waals surface area (Å²) in [4.78, 5) is 8.03. The third-order valence-corrected chi connectivity index (χ3v) is 1.95. The minimum Gasteiger partial charge on any atom is -0.481 e. The molecule has 0 radical (unpaired) electrons. The van der Waals surface area contributed by atoms with E-state index in [0.29, 0.717) is 12.4 Å². The Morgan fingerprint density at radius 3 is 3.06 bits per heavy atom. The molecule has 0 spiro atoms. The van der Waals surface area contributed by atoms with Crippen molar-refractivity contribution in [2.45, 2.75) is 6.54 Å². The van der Waals surface area contributed by atoms with Crippen molar-refractivity contribution in [2.75, 3.05) is 7.11 Å². The Labute approximate surface area is 92.1 Å². The first-order valence-electron chi connectivity index (χ1n) is 4.61. The average molecular weight is 215 g/mol. The number of aromatic nitrogens is 4. The van der Waals surface area contributed by atoms with Crippen molar-refractivity contribution in [1.82, 2.24) is 19.7 Å². The number of ether oxygens (including phenoxy) is 1. The van der Waals surface area contributed by atoms with Gasteiger partial charge in [0.15, 0.2) is 0 Å². The van der Waals surface area contributed by atoms with E-state index in [-0.39, 0.29) is 5.82 Å². The van der Waals surface area contributed by atoms with Gasteiger partial charge in [0.2, 0.25) is 5.88 Å². The standard InChI is InChI=1S/C10H9N5O/c1-16-10-4-2-3-8(13-10)6-15-7-12-9(5-11)14-15/h2-4,7H,6H2,1H3. The van der Waals surface area contributed by atoms with Crippen LogP contribution in [-0.2, 0) is 6.54 Å². The Balaban J connectivity index is 2.17. The van der Waals surface area contributed by atoms with E-state index in [2.05, 4.69) is 15.1 Å². The Morgan fingerprint density at radius 2 is 2.38 bits per heavy atom. The summed E-state index contributed by atoms with van der Waals surface area (Å²) >= 11 is 0. The SMILES string of the molecule is COc1cccc(Cn2cnc(C#N)n2)n1. The molecule has 0 atom stereocenters. The topological polar surface area (TPSA) is 76.6 Å². The molecule has 0 N–H and O–H groups in total. The highest BCUT2D eigenvalue weighted by Crippen LogP contribution is 2.07. The van der Waals surface area contributed by atoms with Gasteiger partial charge in [-0.1, -0.05) is 6.07 Å². The van der Waals surface area contributed by atoms with Crippen LogP contribution in [-0.4, -0.2) is 26.9 Å². The van der Waals surface area contributed by atoms with E-state index in [0.717, 1.165) is 5.69 Å². The number of hydrogen-bond acceptors (Lipinski definition) is 5. The highest BCUT2D eigenvalue weighted by Gasteiger charge is 2.02. The van der Waals surface area contributed by atoms with Crippen molar-refractivity contribution in [2.24, 2.45) is 0 Å². The van der Waals surface area contributed by atoms with Crippen molar-refractivity contribution >= 4 is 0 Å². The second-order valence-corrected chi connectivity index (χ2v) is 3.05. The zero-order valence-corrected chi connectivity index (χ0v) is 8.66. The van der Waals surface area contributed by atoms with Gasteiger partial charge in [-0.15, -0.1) is 5.10 Å². The van der Waals surface area contributed by atoms with Crippen molar-refractivity contribution < 1.29 is 4.74 Å². The molecule has 2 heterocycles. The molecule has 2 aromatic rings. The molecule has 6 heteroatoms. The summed E-state index contributed by atoms with van der Waals surface area (Å²) in [6, 6.07) is 7.34. The fraction of sp³-hybridized carbons (Fsp3) is 0.200. The van der Waals surface area contributed by atoms with Crippen LogP contribution in [0, 0.1) is 11.3 Å². The molecule has 0 fully saturated rings. The lowest BCUT2D eigenvalue weighted by molar-refractivity contribution is 0.395. The van der Waals surface area contributed by atoms with Crippen LogP contribution in [0.15, 0.2) is 24.5 Å². The quantitative estimate of drug-likeness (QED) is 0.749. The first-order chi connectivity index (χ1) is 7.81. The van der Waals surface area contributed by atoms with Gasteiger partial charge < -0.3 is 4.74 Å². The molecular weight excluding hydrogens is 206 g/mol. The normalized spacial score (nSPS) is 9.75. The van der Waals surface area contributed by atoms with Gasteiger partial charge in [0.1, 0.15) is 12.4 Å². The molecule has 0 bridgehead atoms. The van der Waals surface area contributed by atoms with Gasteiger partial charge in [-0.3, -0.25) is 0 Å². The van der Waals surface area contributed by atoms with Crippen LogP contribution in [0.25, 0.3) is 0 Å². The maximum atomic E-state index is 8.58. The summed E-state index contributed by atoms with van der Waals surface area (Å²) in [6.07, 6.45) is 1.50. The molecule has 0 saturated carbocycles. The lowest BCUT2D eigenvalue weighted by Gasteiger charge is -2.02. The second kappa shape index (κ2) is 4.40. The van der Waals surface area contributed by atoms with Crippen LogP contribution in [0.4, 0.5) is 0 Å². The van der Waals surface area contributed by atoms with E-state index in [9.17, 15) is 0 Å². The van der Waals surface area contributed by atoms with Gasteiger partial charge in [-0.25, -0.2) is 14.6 Å². The molecule has 0 aromatic carbocycles. The molecular formula is C10H9N5O. The maximum absolute atomic E-state index is 8.58. The van der Waals surface area contributed by atoms with Crippen molar-refractivity contribution in [3.8, 4) is 11.9 Å². The Morgan fingerprint density at radius 1 is 1.50 bits per heavy atom. The third-order valence-electron chi connectivity index (χ3n) is 1.95. The smallest absolute Gasteiger partial charge is 0.252 e. The summed E-state index contributed by atoms with van der Waals surface area (Å²) in [7, 11) is 1.56. The van der Waals surface area contributed by atoms with Crippen LogP contribution in [0.5, 0.6) is 5.88 Å². The number of methoxy groups -OCH3 is 1. The van der Waals surface area contributed by atoms with Gasteiger partial charge in [0, 0.05) is 6.07 Å². The highest BCUT2D eigenvalue weighted by molar-refractivity contribution is 5.16. The average Bonchev–Trinajstić information content (AvgIpc) is 2.77. The molecule has 80 valence electrons. The summed E-state index contributed by atoms with van der Waals surface area (Å²) in [5, 5.41) is 12.5. The van der Waals surface area contributed by atoms with Gasteiger partial charge in [-0.05, 0) is 6.07 Å². The molecule has 0 aliphatic rings. The minimum absolute atomic E-state index is 0.155. The van der Waals surface area contributed by atoms with E-state index in [1.165, 1.54) is 6.33 Å². The molecule has 2 aromatic heterocycles. The monoisotopic (exact) mass is 215 g/mol. The predicted octanol–water partition coefficient (Wildman–Crippen LogP) is 0.602. The molecule has 0 amide bonds. The molecule has 0 aliphatic carbocycles. The van der Waals surface area contributed by atoms with Crippen molar-refractivity contribution in [1.29, 1.82) is 5.26 Å². The van der Waals surface area contributed by atoms with E-state index in [1.807, 2.05) is 18.2 Å². The van der Waals surface area contributed by atoms with Crippen LogP contribution in [0.3, 0.4) is 0 Å². The Bertz CT molecular complexity index is 528. The fourth-order valence-corrected chi connectivity index (χ4v) is 1.25. The number of nitriles is 1. The van der Waals surface area contributed by atoms with E-state index in [1.54, 1.807) is 17.9 Å². The lowest BCUT2D eigenvalue weighted by Crippen LogP contribution is -2.03. The zero-order chi connectivity index (χ0) is 11.4. The van der Waals surface area contributed by atoms with Crippen LogP contribution in [0.2, 0.25) is 0 Å². The number of hydrogen-bond donors (Lipinski definition) is 0. The predicted molar refractivity (Wildman–Crippen MR) is 54.6 cm³/mol. The van der Waals surface area contributed by atoms with E-state index in [4.69, 9.17) is 10.00 Å². The third kappa shape index (κ3) is 2.15. The maximum Gasteiger partial charge on any atom is 0.252 e. The number of nitrogens with zero attached hydrogens (tertiary/aromatic N) is 5. The van der Waals surface area contributed by atoms with E-state index < -0.39 is 0 Å². The van der Waals surface area contributed by atoms with Crippen molar-refractivity contribution in [3.63, 3.8) is 0 Å². The van der Waals surface area contributed by atoms with Crippen molar-refractivity contribution in [3.05, 3.63) is 36.0 Å². The van der Waals surface area contributed by atoms with E-state index >= 15 is 0 Å². The number of pyridine rings is 1. The summed E-state index contributed by atoms with van der Waals surface area (Å²) < 4.78 is 6.57. The molecule has 0 aliphatic heterocycles. The molecule has 6 nitrogen and oxygen atoms in total. The molecule has 0 saturated heterocycles.